The highest BCUT2D eigenvalue weighted by Crippen LogP contribution is 1.91. The first-order valence-electron chi connectivity index (χ1n) is 1.14. The minimum Gasteiger partial charge on any atom is -0.300 e. The third-order valence-corrected chi connectivity index (χ3v) is 0.273. The molecule has 0 unspecified atom stereocenters. The summed E-state index contributed by atoms with van der Waals surface area (Å²) >= 11 is 4.59. The van der Waals surface area contributed by atoms with Crippen molar-refractivity contribution in [3.8, 4) is 0 Å². The molecule has 0 amide bonds. The van der Waals surface area contributed by atoms with Crippen molar-refractivity contribution in [2.75, 3.05) is 0 Å². The summed E-state index contributed by atoms with van der Waals surface area (Å²) in [5.41, 5.74) is 0. The lowest BCUT2D eigenvalue weighted by Gasteiger charge is -1.74. The highest BCUT2D eigenvalue weighted by molar-refractivity contribution is 6.14. The van der Waals surface area contributed by atoms with Crippen molar-refractivity contribution < 1.29 is 8.78 Å². The Morgan fingerprint density at radius 2 is 2.17 bits per heavy atom. The van der Waals surface area contributed by atoms with Gasteiger partial charge in [-0.25, -0.2) is 0 Å². The van der Waals surface area contributed by atoms with Gasteiger partial charge in [-0.1, -0.05) is 0 Å². The van der Waals surface area contributed by atoms with Gasteiger partial charge in [-0.3, -0.25) is 0 Å². The van der Waals surface area contributed by atoms with Crippen LogP contribution in [0.1, 0.15) is 0 Å². The van der Waals surface area contributed by atoms with Crippen molar-refractivity contribution in [2.45, 2.75) is 0 Å². The van der Waals surface area contributed by atoms with E-state index in [4.69, 9.17) is 0 Å². The van der Waals surface area contributed by atoms with E-state index < -0.39 is 6.08 Å². The lowest BCUT2D eigenvalue weighted by Crippen LogP contribution is -1.79. The molecule has 0 aliphatic rings. The van der Waals surface area contributed by atoms with Gasteiger partial charge in [0.2, 0.25) is 0 Å². The summed E-state index contributed by atoms with van der Waals surface area (Å²) in [5.74, 6) is 0. The van der Waals surface area contributed by atoms with Crippen molar-refractivity contribution in [3.63, 3.8) is 0 Å². The van der Waals surface area contributed by atoms with Gasteiger partial charge >= 0.3 is 0 Å². The number of hydrogen-bond acceptors (Lipinski definition) is 1. The van der Waals surface area contributed by atoms with Crippen LogP contribution < -0.4 is 4.84 Å². The molecule has 0 aromatic carbocycles. The van der Waals surface area contributed by atoms with Crippen molar-refractivity contribution in [1.29, 1.82) is 0 Å². The zero-order valence-corrected chi connectivity index (χ0v) is 3.47. The summed E-state index contributed by atoms with van der Waals surface area (Å²) in [6.07, 6.45) is -1.44. The molecule has 0 radical (unpaired) electrons. The average Bonchev–Trinajstić information content (AvgIpc) is 1.35. The maximum atomic E-state index is 10.7. The van der Waals surface area contributed by atoms with E-state index in [-0.39, 0.29) is 0 Å². The Balaban J connectivity index is 3.14. The van der Waals surface area contributed by atoms with Crippen LogP contribution in [0.25, 0.3) is 0 Å². The van der Waals surface area contributed by atoms with Gasteiger partial charge in [0.1, 0.15) is 0 Å². The van der Waals surface area contributed by atoms with E-state index >= 15 is 0 Å². The van der Waals surface area contributed by atoms with Crippen LogP contribution >= 0.6 is 11.8 Å². The zero-order valence-electron chi connectivity index (χ0n) is 2.71. The molecule has 0 aliphatic heterocycles. The largest absolute Gasteiger partial charge is 0.300 e. The average molecular weight is 113 g/mol. The first kappa shape index (κ1) is 5.69. The summed E-state index contributed by atoms with van der Waals surface area (Å²) in [6.45, 7) is 0. The van der Waals surface area contributed by atoms with E-state index in [0.29, 0.717) is 6.20 Å². The SMILES string of the molecule is FC(F)=CNCl. The molecule has 36 valence electrons. The molecule has 0 fully saturated rings. The molecule has 0 aromatic heterocycles. The third-order valence-electron chi connectivity index (χ3n) is 0.164. The van der Waals surface area contributed by atoms with Crippen LogP contribution in [0.2, 0.25) is 0 Å². The smallest absolute Gasteiger partial charge is 0.287 e. The van der Waals surface area contributed by atoms with Crippen molar-refractivity contribution in [2.24, 2.45) is 0 Å². The van der Waals surface area contributed by atoms with Crippen molar-refractivity contribution >= 4 is 11.8 Å². The number of rotatable bonds is 1. The molecule has 0 rings (SSSR count). The lowest BCUT2D eigenvalue weighted by molar-refractivity contribution is 0.418. The second-order valence-corrected chi connectivity index (χ2v) is 0.761. The predicted octanol–water partition coefficient (Wildman–Crippen LogP) is 1.47. The summed E-state index contributed by atoms with van der Waals surface area (Å²) < 4.78 is 21.5. The van der Waals surface area contributed by atoms with Crippen molar-refractivity contribution in [1.82, 2.24) is 4.84 Å². The van der Waals surface area contributed by atoms with Crippen LogP contribution in [0.4, 0.5) is 8.78 Å². The quantitative estimate of drug-likeness (QED) is 0.508. The maximum absolute atomic E-state index is 10.7. The minimum absolute atomic E-state index is 0.390. The van der Waals surface area contributed by atoms with Crippen LogP contribution in [-0.2, 0) is 0 Å². The molecule has 0 heterocycles. The Kier molecular flexibility index (Phi) is 2.75. The molecule has 0 saturated heterocycles. The fraction of sp³-hybridized carbons (Fsp3) is 0. The first-order chi connectivity index (χ1) is 2.77. The van der Waals surface area contributed by atoms with E-state index in [9.17, 15) is 8.78 Å². The van der Waals surface area contributed by atoms with Crippen LogP contribution in [0.5, 0.6) is 0 Å². The molecule has 1 N–H and O–H groups in total. The molecule has 0 bridgehead atoms. The number of halogens is 3. The Hall–Kier alpha value is -0.310. The fourth-order valence-corrected chi connectivity index (χ4v) is 0.124. The highest BCUT2D eigenvalue weighted by atomic mass is 35.5. The standard InChI is InChI=1S/C2H2ClF2N/c3-6-1-2(4)5/h1,6H. The molecule has 6 heavy (non-hydrogen) atoms. The van der Waals surface area contributed by atoms with Gasteiger partial charge in [0.25, 0.3) is 6.08 Å². The van der Waals surface area contributed by atoms with Crippen LogP contribution in [0.15, 0.2) is 12.3 Å². The Morgan fingerprint density at radius 1 is 1.67 bits per heavy atom. The van der Waals surface area contributed by atoms with Gasteiger partial charge in [0.05, 0.1) is 6.20 Å². The second kappa shape index (κ2) is 2.90. The van der Waals surface area contributed by atoms with Gasteiger partial charge in [-0.2, -0.15) is 8.78 Å². The zero-order chi connectivity index (χ0) is 4.99. The van der Waals surface area contributed by atoms with Crippen molar-refractivity contribution in [3.05, 3.63) is 12.3 Å². The topological polar surface area (TPSA) is 12.0 Å². The van der Waals surface area contributed by atoms with E-state index in [0.717, 1.165) is 0 Å². The molecule has 0 spiro atoms. The molecule has 4 heteroatoms. The lowest BCUT2D eigenvalue weighted by atomic mass is 11.0. The predicted molar refractivity (Wildman–Crippen MR) is 19.3 cm³/mol. The summed E-state index contributed by atoms with van der Waals surface area (Å²) in [4.78, 5) is 1.63. The van der Waals surface area contributed by atoms with E-state index in [1.807, 2.05) is 0 Å². The van der Waals surface area contributed by atoms with Gasteiger partial charge in [0.15, 0.2) is 0 Å². The van der Waals surface area contributed by atoms with Gasteiger partial charge in [-0.15, -0.1) is 0 Å². The molecule has 0 aromatic rings. The Labute approximate surface area is 38.7 Å². The molecule has 1 nitrogen and oxygen atoms in total. The van der Waals surface area contributed by atoms with E-state index in [1.165, 1.54) is 0 Å². The Bertz CT molecular complexity index is 58.6. The van der Waals surface area contributed by atoms with Gasteiger partial charge in [-0.05, 0) is 0 Å². The second-order valence-electron chi connectivity index (χ2n) is 0.543. The molecule has 0 aliphatic carbocycles. The van der Waals surface area contributed by atoms with Crippen LogP contribution in [-0.4, -0.2) is 0 Å². The summed E-state index contributed by atoms with van der Waals surface area (Å²) in [7, 11) is 0. The Morgan fingerprint density at radius 3 is 2.17 bits per heavy atom. The highest BCUT2D eigenvalue weighted by Gasteiger charge is 1.79. The number of hydrogen-bond donors (Lipinski definition) is 1. The van der Waals surface area contributed by atoms with E-state index in [2.05, 4.69) is 11.8 Å². The first-order valence-corrected chi connectivity index (χ1v) is 1.52. The number of nitrogens with one attached hydrogen (secondary N) is 1. The molecule has 0 saturated carbocycles. The third kappa shape index (κ3) is 3.69. The molecular formula is C2H2ClF2N. The fourth-order valence-electron chi connectivity index (χ4n) is 0.0412. The maximum Gasteiger partial charge on any atom is 0.287 e. The normalized spacial score (nSPS) is 7.17. The summed E-state index contributed by atoms with van der Waals surface area (Å²) in [5, 5.41) is 0. The molecular weight excluding hydrogens is 111 g/mol. The molecule has 0 atom stereocenters. The van der Waals surface area contributed by atoms with E-state index in [1.54, 1.807) is 4.84 Å². The summed E-state index contributed by atoms with van der Waals surface area (Å²) in [6, 6.07) is 0. The minimum atomic E-state index is -1.83. The van der Waals surface area contributed by atoms with Crippen LogP contribution in [0, 0.1) is 0 Å². The van der Waals surface area contributed by atoms with Gasteiger partial charge < -0.3 is 4.84 Å². The monoisotopic (exact) mass is 113 g/mol. The van der Waals surface area contributed by atoms with Gasteiger partial charge in [0, 0.05) is 11.8 Å². The van der Waals surface area contributed by atoms with Crippen LogP contribution in [0.3, 0.4) is 0 Å².